The Labute approximate surface area is 194 Å². The van der Waals surface area contributed by atoms with Crippen molar-refractivity contribution in [3.63, 3.8) is 0 Å². The largest absolute Gasteiger partial charge is 0.505 e. The van der Waals surface area contributed by atoms with E-state index in [1.165, 1.54) is 12.1 Å². The third-order valence-electron chi connectivity index (χ3n) is 4.96. The molecule has 0 radical (unpaired) electrons. The molecule has 2 aromatic carbocycles. The third kappa shape index (κ3) is 6.38. The van der Waals surface area contributed by atoms with Gasteiger partial charge in [0.1, 0.15) is 5.75 Å². The summed E-state index contributed by atoms with van der Waals surface area (Å²) >= 11 is 0. The molecule has 1 fully saturated rings. The summed E-state index contributed by atoms with van der Waals surface area (Å²) in [5.74, 6) is 0.604. The molecule has 2 aromatic rings. The fourth-order valence-electron chi connectivity index (χ4n) is 3.54. The molecule has 0 aromatic heterocycles. The smallest absolute Gasteiger partial charge is 0.191 e. The van der Waals surface area contributed by atoms with Gasteiger partial charge >= 0.3 is 0 Å². The second-order valence-electron chi connectivity index (χ2n) is 7.08. The summed E-state index contributed by atoms with van der Waals surface area (Å²) in [7, 11) is 1.70. The number of hydrogen-bond donors (Lipinski definition) is 3. The number of rotatable bonds is 6. The van der Waals surface area contributed by atoms with Crippen molar-refractivity contribution >= 4 is 35.6 Å². The van der Waals surface area contributed by atoms with Crippen molar-refractivity contribution in [1.29, 1.82) is 0 Å². The molecular formula is C22H30FIN4O2. The number of piperidine rings is 1. The maximum Gasteiger partial charge on any atom is 0.191 e. The van der Waals surface area contributed by atoms with E-state index in [0.717, 1.165) is 43.9 Å². The van der Waals surface area contributed by atoms with Crippen molar-refractivity contribution < 1.29 is 14.2 Å². The lowest BCUT2D eigenvalue weighted by Crippen LogP contribution is -2.51. The van der Waals surface area contributed by atoms with Crippen LogP contribution in [0.4, 0.5) is 10.1 Å². The van der Waals surface area contributed by atoms with Crippen molar-refractivity contribution in [2.45, 2.75) is 32.4 Å². The first-order chi connectivity index (χ1) is 14.1. The number of anilines is 1. The van der Waals surface area contributed by atoms with Crippen LogP contribution in [0.5, 0.6) is 11.5 Å². The predicted octanol–water partition coefficient (Wildman–Crippen LogP) is 3.88. The number of nitrogens with one attached hydrogen (secondary N) is 2. The molecule has 1 atom stereocenters. The quantitative estimate of drug-likeness (QED) is 0.302. The first-order valence-corrected chi connectivity index (χ1v) is 10.0. The number of methoxy groups -OCH3 is 1. The number of phenolic OH excluding ortho intramolecular Hbond substituents is 1. The highest BCUT2D eigenvalue weighted by Gasteiger charge is 2.22. The zero-order chi connectivity index (χ0) is 20.6. The average molecular weight is 528 g/mol. The normalized spacial score (nSPS) is 16.6. The van der Waals surface area contributed by atoms with Crippen molar-refractivity contribution in [3.05, 3.63) is 53.8 Å². The minimum absolute atomic E-state index is 0. The first kappa shape index (κ1) is 24.0. The Hall–Kier alpha value is -2.23. The monoisotopic (exact) mass is 528 g/mol. The standard InChI is InChI=1S/C22H29FN4O2.HI/c1-3-24-22(25-14-16-10-11-20(28)18(23)13-16)26-17-7-6-12-27(15-17)19-8-4-5-9-21(19)29-2;/h4-5,8-11,13,17,28H,3,6-7,12,14-15H2,1-2H3,(H2,24,25,26);1H. The van der Waals surface area contributed by atoms with E-state index in [2.05, 4.69) is 26.6 Å². The van der Waals surface area contributed by atoms with Gasteiger partial charge in [-0.3, -0.25) is 0 Å². The lowest BCUT2D eigenvalue weighted by molar-refractivity contribution is 0.408. The number of aromatic hydroxyl groups is 1. The van der Waals surface area contributed by atoms with Crippen LogP contribution in [0.1, 0.15) is 25.3 Å². The number of benzene rings is 2. The Morgan fingerprint density at radius 2 is 2.10 bits per heavy atom. The summed E-state index contributed by atoms with van der Waals surface area (Å²) in [6.07, 6.45) is 2.11. The molecule has 1 aliphatic heterocycles. The van der Waals surface area contributed by atoms with E-state index in [-0.39, 0.29) is 35.8 Å². The Kier molecular flexibility index (Phi) is 9.48. The predicted molar refractivity (Wildman–Crippen MR) is 130 cm³/mol. The van der Waals surface area contributed by atoms with Gasteiger partial charge in [-0.1, -0.05) is 18.2 Å². The third-order valence-corrected chi connectivity index (χ3v) is 4.96. The number of guanidine groups is 1. The van der Waals surface area contributed by atoms with Crippen LogP contribution >= 0.6 is 24.0 Å². The van der Waals surface area contributed by atoms with Gasteiger partial charge in [-0.05, 0) is 49.6 Å². The van der Waals surface area contributed by atoms with E-state index in [1.807, 2.05) is 25.1 Å². The topological polar surface area (TPSA) is 69.1 Å². The summed E-state index contributed by atoms with van der Waals surface area (Å²) in [5.41, 5.74) is 1.81. The lowest BCUT2D eigenvalue weighted by atomic mass is 10.0. The summed E-state index contributed by atoms with van der Waals surface area (Å²) in [6.45, 7) is 4.91. The van der Waals surface area contributed by atoms with Gasteiger partial charge in [0, 0.05) is 25.7 Å². The minimum atomic E-state index is -0.629. The molecule has 1 heterocycles. The number of ether oxygens (including phenoxy) is 1. The number of hydrogen-bond acceptors (Lipinski definition) is 4. The molecule has 1 saturated heterocycles. The maximum absolute atomic E-state index is 13.5. The molecular weight excluding hydrogens is 498 g/mol. The number of phenols is 1. The van der Waals surface area contributed by atoms with Crippen LogP contribution in [-0.4, -0.2) is 43.9 Å². The number of halogens is 2. The fraction of sp³-hybridized carbons (Fsp3) is 0.409. The van der Waals surface area contributed by atoms with Gasteiger partial charge in [-0.2, -0.15) is 0 Å². The number of nitrogens with zero attached hydrogens (tertiary/aromatic N) is 2. The van der Waals surface area contributed by atoms with Crippen molar-refractivity contribution in [2.75, 3.05) is 31.6 Å². The highest BCUT2D eigenvalue weighted by Crippen LogP contribution is 2.29. The van der Waals surface area contributed by atoms with Crippen LogP contribution in [0.2, 0.25) is 0 Å². The van der Waals surface area contributed by atoms with Crippen LogP contribution in [-0.2, 0) is 6.54 Å². The molecule has 164 valence electrons. The van der Waals surface area contributed by atoms with Gasteiger partial charge < -0.3 is 25.4 Å². The Morgan fingerprint density at radius 3 is 2.83 bits per heavy atom. The molecule has 6 nitrogen and oxygen atoms in total. The van der Waals surface area contributed by atoms with Gasteiger partial charge in [0.2, 0.25) is 0 Å². The number of para-hydroxylation sites is 2. The highest BCUT2D eigenvalue weighted by molar-refractivity contribution is 14.0. The summed E-state index contributed by atoms with van der Waals surface area (Å²) in [4.78, 5) is 6.92. The molecule has 1 unspecified atom stereocenters. The Morgan fingerprint density at radius 1 is 1.30 bits per heavy atom. The molecule has 0 spiro atoms. The molecule has 30 heavy (non-hydrogen) atoms. The Balaban J connectivity index is 0.00000320. The van der Waals surface area contributed by atoms with E-state index in [9.17, 15) is 9.50 Å². The zero-order valence-corrected chi connectivity index (χ0v) is 19.7. The van der Waals surface area contributed by atoms with Crippen molar-refractivity contribution in [3.8, 4) is 11.5 Å². The second kappa shape index (κ2) is 11.8. The molecule has 0 amide bonds. The van der Waals surface area contributed by atoms with Gasteiger partial charge in [0.25, 0.3) is 0 Å². The first-order valence-electron chi connectivity index (χ1n) is 10.0. The summed E-state index contributed by atoms with van der Waals surface area (Å²) in [6, 6.07) is 12.6. The van der Waals surface area contributed by atoms with Gasteiger partial charge in [-0.25, -0.2) is 9.38 Å². The minimum Gasteiger partial charge on any atom is -0.505 e. The SMILES string of the molecule is CCNC(=NCc1ccc(O)c(F)c1)NC1CCCN(c2ccccc2OC)C1.I. The molecule has 8 heteroatoms. The number of aliphatic imine (C=N–C) groups is 1. The average Bonchev–Trinajstić information content (AvgIpc) is 2.74. The molecule has 3 rings (SSSR count). The van der Waals surface area contributed by atoms with Crippen molar-refractivity contribution in [1.82, 2.24) is 10.6 Å². The van der Waals surface area contributed by atoms with Gasteiger partial charge in [-0.15, -0.1) is 24.0 Å². The van der Waals surface area contributed by atoms with E-state index in [4.69, 9.17) is 4.74 Å². The maximum atomic E-state index is 13.5. The lowest BCUT2D eigenvalue weighted by Gasteiger charge is -2.36. The highest BCUT2D eigenvalue weighted by atomic mass is 127. The molecule has 0 saturated carbocycles. The van der Waals surface area contributed by atoms with Gasteiger partial charge in [0.15, 0.2) is 17.5 Å². The Bertz CT molecular complexity index is 850. The fourth-order valence-corrected chi connectivity index (χ4v) is 3.54. The van der Waals surface area contributed by atoms with Gasteiger partial charge in [0.05, 0.1) is 19.3 Å². The van der Waals surface area contributed by atoms with Crippen molar-refractivity contribution in [2.24, 2.45) is 4.99 Å². The van der Waals surface area contributed by atoms with E-state index in [1.54, 1.807) is 13.2 Å². The van der Waals surface area contributed by atoms with E-state index < -0.39 is 5.82 Å². The van der Waals surface area contributed by atoms with Crippen LogP contribution < -0.4 is 20.3 Å². The van der Waals surface area contributed by atoms with E-state index >= 15 is 0 Å². The molecule has 0 bridgehead atoms. The van der Waals surface area contributed by atoms with Crippen LogP contribution in [0.25, 0.3) is 0 Å². The molecule has 3 N–H and O–H groups in total. The summed E-state index contributed by atoms with van der Waals surface area (Å²) < 4.78 is 19.1. The van der Waals surface area contributed by atoms with Crippen LogP contribution in [0, 0.1) is 5.82 Å². The van der Waals surface area contributed by atoms with Crippen LogP contribution in [0.15, 0.2) is 47.5 Å². The second-order valence-corrected chi connectivity index (χ2v) is 7.08. The van der Waals surface area contributed by atoms with Crippen LogP contribution in [0.3, 0.4) is 0 Å². The molecule has 0 aliphatic carbocycles. The van der Waals surface area contributed by atoms with E-state index in [0.29, 0.717) is 18.1 Å². The molecule has 1 aliphatic rings. The summed E-state index contributed by atoms with van der Waals surface area (Å²) in [5, 5.41) is 16.1. The zero-order valence-electron chi connectivity index (χ0n) is 17.4.